The van der Waals surface area contributed by atoms with E-state index in [1.807, 2.05) is 18.2 Å². The van der Waals surface area contributed by atoms with Gasteiger partial charge in [-0.1, -0.05) is 18.2 Å². The Balaban J connectivity index is 2.08. The predicted molar refractivity (Wildman–Crippen MR) is 62.3 cm³/mol. The quantitative estimate of drug-likeness (QED) is 0.523. The van der Waals surface area contributed by atoms with E-state index in [0.717, 1.165) is 5.56 Å². The van der Waals surface area contributed by atoms with Crippen LogP contribution in [0.25, 0.3) is 0 Å². The van der Waals surface area contributed by atoms with Crippen LogP contribution >= 0.6 is 0 Å². The van der Waals surface area contributed by atoms with Gasteiger partial charge >= 0.3 is 0 Å². The van der Waals surface area contributed by atoms with Crippen LogP contribution in [0.4, 0.5) is 5.69 Å². The molecule has 0 spiro atoms. The molecule has 1 heterocycles. The molecule has 5 N–H and O–H groups in total. The maximum atomic E-state index is 9.78. The lowest BCUT2D eigenvalue weighted by molar-refractivity contribution is -0.0215. The Bertz CT molecular complexity index is 385. The summed E-state index contributed by atoms with van der Waals surface area (Å²) in [5, 5.41) is 28.4. The number of ether oxygens (including phenoxy) is 1. The molecule has 0 radical (unpaired) electrons. The van der Waals surface area contributed by atoms with Crippen molar-refractivity contribution in [2.75, 3.05) is 12.3 Å². The van der Waals surface area contributed by atoms with Crippen LogP contribution < -0.4 is 5.73 Å². The number of rotatable bonds is 3. The number of para-hydroxylation sites is 1. The molecule has 5 heteroatoms. The van der Waals surface area contributed by atoms with Crippen molar-refractivity contribution in [3.8, 4) is 0 Å². The molecule has 0 saturated carbocycles. The standard InChI is InChI=1S/C12H17NO4/c13-8-4-2-1-3-7(8)5-9-11(15)12(16)10(6-14)17-9/h1-4,9-12,14-16H,5-6,13H2/t9-,10+,11-,12+/m0/s1. The van der Waals surface area contributed by atoms with Crippen molar-refractivity contribution in [1.82, 2.24) is 0 Å². The molecule has 4 atom stereocenters. The first-order chi connectivity index (χ1) is 8.13. The van der Waals surface area contributed by atoms with Crippen molar-refractivity contribution < 1.29 is 20.1 Å². The molecular formula is C12H17NO4. The van der Waals surface area contributed by atoms with Gasteiger partial charge in [0.25, 0.3) is 0 Å². The minimum atomic E-state index is -1.05. The summed E-state index contributed by atoms with van der Waals surface area (Å²) in [7, 11) is 0. The summed E-state index contributed by atoms with van der Waals surface area (Å²) >= 11 is 0. The third kappa shape index (κ3) is 2.42. The Hall–Kier alpha value is -1.14. The Kier molecular flexibility index (Phi) is 3.63. The van der Waals surface area contributed by atoms with Crippen LogP contribution in [0.15, 0.2) is 24.3 Å². The molecule has 5 nitrogen and oxygen atoms in total. The normalized spacial score (nSPS) is 32.9. The van der Waals surface area contributed by atoms with Gasteiger partial charge in [-0.3, -0.25) is 0 Å². The lowest BCUT2D eigenvalue weighted by Crippen LogP contribution is -2.34. The minimum absolute atomic E-state index is 0.307. The number of hydrogen-bond donors (Lipinski definition) is 4. The molecule has 1 aromatic carbocycles. The summed E-state index contributed by atoms with van der Waals surface area (Å²) in [6.45, 7) is -0.307. The van der Waals surface area contributed by atoms with Crippen LogP contribution in [0.1, 0.15) is 5.56 Å². The van der Waals surface area contributed by atoms with Gasteiger partial charge in [-0.05, 0) is 11.6 Å². The molecule has 1 saturated heterocycles. The first-order valence-electron chi connectivity index (χ1n) is 5.59. The van der Waals surface area contributed by atoms with E-state index in [-0.39, 0.29) is 6.61 Å². The summed E-state index contributed by atoms with van der Waals surface area (Å²) < 4.78 is 5.39. The molecule has 2 rings (SSSR count). The summed E-state index contributed by atoms with van der Waals surface area (Å²) in [6, 6.07) is 7.31. The lowest BCUT2D eigenvalue weighted by atomic mass is 10.0. The van der Waals surface area contributed by atoms with Crippen molar-refractivity contribution in [3.63, 3.8) is 0 Å². The van der Waals surface area contributed by atoms with E-state index in [4.69, 9.17) is 15.6 Å². The second kappa shape index (κ2) is 5.01. The van der Waals surface area contributed by atoms with Crippen LogP contribution in [-0.2, 0) is 11.2 Å². The Labute approximate surface area is 99.5 Å². The van der Waals surface area contributed by atoms with E-state index in [1.54, 1.807) is 6.07 Å². The summed E-state index contributed by atoms with van der Waals surface area (Å²) in [4.78, 5) is 0. The molecule has 17 heavy (non-hydrogen) atoms. The molecule has 1 fully saturated rings. The highest BCUT2D eigenvalue weighted by molar-refractivity contribution is 5.46. The number of anilines is 1. The number of aliphatic hydroxyl groups is 3. The van der Waals surface area contributed by atoms with E-state index >= 15 is 0 Å². The fourth-order valence-electron chi connectivity index (χ4n) is 2.08. The summed E-state index contributed by atoms with van der Waals surface area (Å²) in [6.07, 6.45) is -2.88. The largest absolute Gasteiger partial charge is 0.399 e. The zero-order valence-electron chi connectivity index (χ0n) is 9.36. The third-order valence-corrected chi connectivity index (χ3v) is 3.12. The monoisotopic (exact) mass is 239 g/mol. The van der Waals surface area contributed by atoms with Crippen LogP contribution in [0.5, 0.6) is 0 Å². The van der Waals surface area contributed by atoms with Crippen LogP contribution in [0, 0.1) is 0 Å². The Morgan fingerprint density at radius 1 is 1.12 bits per heavy atom. The third-order valence-electron chi connectivity index (χ3n) is 3.12. The number of nitrogens with two attached hydrogens (primary N) is 1. The highest BCUT2D eigenvalue weighted by Crippen LogP contribution is 2.25. The van der Waals surface area contributed by atoms with E-state index in [9.17, 15) is 10.2 Å². The van der Waals surface area contributed by atoms with Gasteiger partial charge < -0.3 is 25.8 Å². The SMILES string of the molecule is Nc1ccccc1C[C@@H]1O[C@H](CO)[C@@H](O)[C@H]1O. The Morgan fingerprint density at radius 3 is 2.35 bits per heavy atom. The topological polar surface area (TPSA) is 95.9 Å². The van der Waals surface area contributed by atoms with E-state index in [2.05, 4.69) is 0 Å². The molecule has 1 aliphatic rings. The van der Waals surface area contributed by atoms with E-state index < -0.39 is 24.4 Å². The first-order valence-corrected chi connectivity index (χ1v) is 5.59. The summed E-state index contributed by atoms with van der Waals surface area (Å²) in [5.74, 6) is 0. The molecule has 94 valence electrons. The zero-order chi connectivity index (χ0) is 12.4. The fourth-order valence-corrected chi connectivity index (χ4v) is 2.08. The van der Waals surface area contributed by atoms with Gasteiger partial charge in [-0.2, -0.15) is 0 Å². The number of hydrogen-bond acceptors (Lipinski definition) is 5. The zero-order valence-corrected chi connectivity index (χ0v) is 9.36. The van der Waals surface area contributed by atoms with Crippen LogP contribution in [0.3, 0.4) is 0 Å². The van der Waals surface area contributed by atoms with Crippen LogP contribution in [0.2, 0.25) is 0 Å². The van der Waals surface area contributed by atoms with Gasteiger partial charge in [0, 0.05) is 12.1 Å². The van der Waals surface area contributed by atoms with Crippen molar-refractivity contribution in [2.45, 2.75) is 30.8 Å². The van der Waals surface area contributed by atoms with Gasteiger partial charge in [-0.15, -0.1) is 0 Å². The number of aliphatic hydroxyl groups excluding tert-OH is 3. The van der Waals surface area contributed by atoms with E-state index in [0.29, 0.717) is 12.1 Å². The Morgan fingerprint density at radius 2 is 1.76 bits per heavy atom. The highest BCUT2D eigenvalue weighted by atomic mass is 16.6. The van der Waals surface area contributed by atoms with Gasteiger partial charge in [0.05, 0.1) is 12.7 Å². The van der Waals surface area contributed by atoms with Crippen molar-refractivity contribution in [3.05, 3.63) is 29.8 Å². The van der Waals surface area contributed by atoms with Gasteiger partial charge in [-0.25, -0.2) is 0 Å². The molecule has 0 amide bonds. The predicted octanol–water partition coefficient (Wildman–Crippen LogP) is -0.707. The molecule has 1 aliphatic heterocycles. The molecular weight excluding hydrogens is 222 g/mol. The second-order valence-corrected chi connectivity index (χ2v) is 4.28. The average molecular weight is 239 g/mol. The van der Waals surface area contributed by atoms with Crippen molar-refractivity contribution in [2.24, 2.45) is 0 Å². The van der Waals surface area contributed by atoms with Crippen molar-refractivity contribution >= 4 is 5.69 Å². The number of benzene rings is 1. The molecule has 1 aromatic rings. The maximum Gasteiger partial charge on any atom is 0.111 e. The molecule has 0 bridgehead atoms. The molecule has 0 aromatic heterocycles. The lowest BCUT2D eigenvalue weighted by Gasteiger charge is -2.15. The van der Waals surface area contributed by atoms with Gasteiger partial charge in [0.2, 0.25) is 0 Å². The molecule has 0 unspecified atom stereocenters. The highest BCUT2D eigenvalue weighted by Gasteiger charge is 2.42. The maximum absolute atomic E-state index is 9.78. The minimum Gasteiger partial charge on any atom is -0.399 e. The van der Waals surface area contributed by atoms with Crippen molar-refractivity contribution in [1.29, 1.82) is 0 Å². The van der Waals surface area contributed by atoms with Gasteiger partial charge in [0.1, 0.15) is 18.3 Å². The average Bonchev–Trinajstić information content (AvgIpc) is 2.60. The first kappa shape index (κ1) is 12.3. The summed E-state index contributed by atoms with van der Waals surface area (Å²) in [5.41, 5.74) is 7.29. The fraction of sp³-hybridized carbons (Fsp3) is 0.500. The number of nitrogen functional groups attached to an aromatic ring is 1. The second-order valence-electron chi connectivity index (χ2n) is 4.28. The van der Waals surface area contributed by atoms with E-state index in [1.165, 1.54) is 0 Å². The smallest absolute Gasteiger partial charge is 0.111 e. The molecule has 0 aliphatic carbocycles. The van der Waals surface area contributed by atoms with Crippen LogP contribution in [-0.4, -0.2) is 46.3 Å². The van der Waals surface area contributed by atoms with Gasteiger partial charge in [0.15, 0.2) is 0 Å².